The van der Waals surface area contributed by atoms with E-state index in [4.69, 9.17) is 0 Å². The van der Waals surface area contributed by atoms with E-state index in [9.17, 15) is 9.59 Å². The first-order valence-corrected chi connectivity index (χ1v) is 6.93. The van der Waals surface area contributed by atoms with Gasteiger partial charge in [-0.2, -0.15) is 0 Å². The Morgan fingerprint density at radius 2 is 1.94 bits per heavy atom. The van der Waals surface area contributed by atoms with Crippen LogP contribution >= 0.6 is 0 Å². The second-order valence-electron chi connectivity index (χ2n) is 5.56. The third-order valence-corrected chi connectivity index (χ3v) is 3.61. The number of hydrogen-bond donors (Lipinski definition) is 3. The van der Waals surface area contributed by atoms with Crippen molar-refractivity contribution in [2.24, 2.45) is 0 Å². The summed E-state index contributed by atoms with van der Waals surface area (Å²) in [7, 11) is 0. The van der Waals surface area contributed by atoms with Gasteiger partial charge in [0.2, 0.25) is 11.8 Å². The lowest BCUT2D eigenvalue weighted by Gasteiger charge is -2.28. The van der Waals surface area contributed by atoms with Crippen molar-refractivity contribution in [3.8, 4) is 0 Å². The Labute approximate surface area is 108 Å². The molecule has 1 aliphatic carbocycles. The summed E-state index contributed by atoms with van der Waals surface area (Å²) in [4.78, 5) is 23.7. The predicted octanol–water partition coefficient (Wildman–Crippen LogP) is 0.300. The van der Waals surface area contributed by atoms with E-state index < -0.39 is 6.04 Å². The molecule has 1 saturated heterocycles. The van der Waals surface area contributed by atoms with Gasteiger partial charge in [-0.3, -0.25) is 9.59 Å². The maximum Gasteiger partial charge on any atom is 0.242 e. The van der Waals surface area contributed by atoms with Crippen LogP contribution in [0.5, 0.6) is 0 Å². The van der Waals surface area contributed by atoms with Gasteiger partial charge in [0.25, 0.3) is 0 Å². The minimum Gasteiger partial charge on any atom is -0.352 e. The minimum absolute atomic E-state index is 0.0556. The van der Waals surface area contributed by atoms with Crippen LogP contribution in [0, 0.1) is 0 Å². The highest BCUT2D eigenvalue weighted by Crippen LogP contribution is 2.18. The molecule has 2 amide bonds. The molecule has 3 atom stereocenters. The van der Waals surface area contributed by atoms with Crippen molar-refractivity contribution in [3.05, 3.63) is 0 Å². The maximum absolute atomic E-state index is 12.0. The summed E-state index contributed by atoms with van der Waals surface area (Å²) >= 11 is 0. The number of nitrogens with one attached hydrogen (secondary N) is 3. The van der Waals surface area contributed by atoms with Crippen LogP contribution in [-0.2, 0) is 9.59 Å². The molecule has 2 rings (SSSR count). The van der Waals surface area contributed by atoms with Gasteiger partial charge in [0.1, 0.15) is 6.04 Å². The fraction of sp³-hybridized carbons (Fsp3) is 0.846. The van der Waals surface area contributed by atoms with Gasteiger partial charge < -0.3 is 16.0 Å². The number of rotatable bonds is 4. The fourth-order valence-electron chi connectivity index (χ4n) is 2.28. The first kappa shape index (κ1) is 13.3. The van der Waals surface area contributed by atoms with Crippen LogP contribution in [0.4, 0.5) is 0 Å². The van der Waals surface area contributed by atoms with E-state index in [1.165, 1.54) is 0 Å². The van der Waals surface area contributed by atoms with E-state index in [0.29, 0.717) is 12.1 Å². The Kier molecular flexibility index (Phi) is 4.22. The second kappa shape index (κ2) is 5.69. The highest BCUT2D eigenvalue weighted by molar-refractivity contribution is 5.89. The molecular formula is C13H23N3O2. The van der Waals surface area contributed by atoms with Gasteiger partial charge in [-0.15, -0.1) is 0 Å². The van der Waals surface area contributed by atoms with Crippen molar-refractivity contribution in [2.45, 2.75) is 70.1 Å². The van der Waals surface area contributed by atoms with Crippen LogP contribution in [0.15, 0.2) is 0 Å². The lowest BCUT2D eigenvalue weighted by molar-refractivity contribution is -0.130. The van der Waals surface area contributed by atoms with Crippen molar-refractivity contribution in [2.75, 3.05) is 0 Å². The molecule has 0 bridgehead atoms. The monoisotopic (exact) mass is 253 g/mol. The summed E-state index contributed by atoms with van der Waals surface area (Å²) in [5.41, 5.74) is 0. The molecular weight excluding hydrogens is 230 g/mol. The molecule has 0 aromatic rings. The minimum atomic E-state index is -0.447. The molecule has 2 fully saturated rings. The number of piperidine rings is 1. The average Bonchev–Trinajstić information content (AvgIpc) is 3.12. The van der Waals surface area contributed by atoms with Crippen LogP contribution in [0.25, 0.3) is 0 Å². The van der Waals surface area contributed by atoms with Gasteiger partial charge in [-0.1, -0.05) is 0 Å². The highest BCUT2D eigenvalue weighted by atomic mass is 16.2. The lowest BCUT2D eigenvalue weighted by atomic mass is 9.99. The predicted molar refractivity (Wildman–Crippen MR) is 69.0 cm³/mol. The summed E-state index contributed by atoms with van der Waals surface area (Å²) in [5, 5.41) is 8.96. The van der Waals surface area contributed by atoms with Crippen LogP contribution in [0.3, 0.4) is 0 Å². The molecule has 1 heterocycles. The first-order chi connectivity index (χ1) is 8.56. The molecule has 3 N–H and O–H groups in total. The molecule has 0 aromatic heterocycles. The van der Waals surface area contributed by atoms with E-state index in [-0.39, 0.29) is 17.9 Å². The van der Waals surface area contributed by atoms with Crippen molar-refractivity contribution >= 4 is 11.8 Å². The molecule has 18 heavy (non-hydrogen) atoms. The van der Waals surface area contributed by atoms with Crippen molar-refractivity contribution in [1.29, 1.82) is 0 Å². The van der Waals surface area contributed by atoms with Crippen molar-refractivity contribution in [1.82, 2.24) is 16.0 Å². The quantitative estimate of drug-likeness (QED) is 0.675. The van der Waals surface area contributed by atoms with Gasteiger partial charge in [0.05, 0.1) is 6.04 Å². The zero-order valence-corrected chi connectivity index (χ0v) is 11.2. The molecule has 5 nitrogen and oxygen atoms in total. The molecule has 0 radical (unpaired) electrons. The van der Waals surface area contributed by atoms with Crippen LogP contribution in [0.1, 0.15) is 46.0 Å². The van der Waals surface area contributed by atoms with Gasteiger partial charge in [-0.05, 0) is 46.0 Å². The Morgan fingerprint density at radius 1 is 1.22 bits per heavy atom. The summed E-state index contributed by atoms with van der Waals surface area (Å²) in [6.45, 7) is 3.82. The largest absolute Gasteiger partial charge is 0.352 e. The second-order valence-corrected chi connectivity index (χ2v) is 5.56. The van der Waals surface area contributed by atoms with Crippen molar-refractivity contribution < 1.29 is 9.59 Å². The number of amides is 2. The molecule has 102 valence electrons. The zero-order chi connectivity index (χ0) is 13.1. The Balaban J connectivity index is 1.76. The van der Waals surface area contributed by atoms with E-state index in [1.807, 2.05) is 0 Å². The summed E-state index contributed by atoms with van der Waals surface area (Å²) in [5.74, 6) is -0.130. The van der Waals surface area contributed by atoms with Gasteiger partial charge in [-0.25, -0.2) is 0 Å². The standard InChI is InChI=1S/C13H23N3O2/c1-8-4-3-5-11(14-8)13(18)15-9(2)12(17)16-10-6-7-10/h8-11,14H,3-7H2,1-2H3,(H,15,18)(H,16,17). The highest BCUT2D eigenvalue weighted by Gasteiger charge is 2.29. The fourth-order valence-corrected chi connectivity index (χ4v) is 2.28. The SMILES string of the molecule is CC1CCCC(C(=O)NC(C)C(=O)NC2CC2)N1. The van der Waals surface area contributed by atoms with Gasteiger partial charge >= 0.3 is 0 Å². The summed E-state index contributed by atoms with van der Waals surface area (Å²) in [6.07, 6.45) is 5.16. The van der Waals surface area contributed by atoms with Crippen LogP contribution in [-0.4, -0.2) is 36.0 Å². The smallest absolute Gasteiger partial charge is 0.242 e. The Morgan fingerprint density at radius 3 is 2.56 bits per heavy atom. The molecule has 3 unspecified atom stereocenters. The molecule has 1 aliphatic heterocycles. The normalized spacial score (nSPS) is 29.4. The average molecular weight is 253 g/mol. The van der Waals surface area contributed by atoms with Crippen LogP contribution in [0.2, 0.25) is 0 Å². The van der Waals surface area contributed by atoms with E-state index >= 15 is 0 Å². The molecule has 0 spiro atoms. The lowest BCUT2D eigenvalue weighted by Crippen LogP contribution is -2.54. The zero-order valence-electron chi connectivity index (χ0n) is 11.2. The number of hydrogen-bond acceptors (Lipinski definition) is 3. The Hall–Kier alpha value is -1.10. The number of carbonyl (C=O) groups is 2. The Bertz CT molecular complexity index is 328. The number of carbonyl (C=O) groups excluding carboxylic acids is 2. The van der Waals surface area contributed by atoms with Crippen LogP contribution < -0.4 is 16.0 Å². The molecule has 5 heteroatoms. The van der Waals surface area contributed by atoms with E-state index in [0.717, 1.165) is 32.1 Å². The van der Waals surface area contributed by atoms with Gasteiger partial charge in [0, 0.05) is 12.1 Å². The van der Waals surface area contributed by atoms with Crippen molar-refractivity contribution in [3.63, 3.8) is 0 Å². The molecule has 0 aromatic carbocycles. The molecule has 1 saturated carbocycles. The molecule has 2 aliphatic rings. The third kappa shape index (κ3) is 3.70. The van der Waals surface area contributed by atoms with E-state index in [2.05, 4.69) is 22.9 Å². The maximum atomic E-state index is 12.0. The van der Waals surface area contributed by atoms with Gasteiger partial charge in [0.15, 0.2) is 0 Å². The summed E-state index contributed by atoms with van der Waals surface area (Å²) < 4.78 is 0. The first-order valence-electron chi connectivity index (χ1n) is 6.93. The third-order valence-electron chi connectivity index (χ3n) is 3.61. The summed E-state index contributed by atoms with van der Waals surface area (Å²) in [6, 6.07) is 0.122. The topological polar surface area (TPSA) is 70.2 Å². The van der Waals surface area contributed by atoms with E-state index in [1.54, 1.807) is 6.92 Å².